The molecule has 0 radical (unpaired) electrons. The Balaban J connectivity index is 1.49. The third-order valence-corrected chi connectivity index (χ3v) is 8.02. The monoisotopic (exact) mass is 561 g/mol. The summed E-state index contributed by atoms with van der Waals surface area (Å²) in [6, 6.07) is 25.8. The molecule has 0 spiro atoms. The summed E-state index contributed by atoms with van der Waals surface area (Å²) >= 11 is 0. The molecule has 7 heteroatoms. The summed E-state index contributed by atoms with van der Waals surface area (Å²) in [4.78, 5) is 16.1. The highest BCUT2D eigenvalue weighted by Crippen LogP contribution is 2.35. The number of hydrogen-bond acceptors (Lipinski definition) is 3. The maximum absolute atomic E-state index is 13.9. The number of carbonyl (C=O) groups excluding carboxylic acids is 1. The largest absolute Gasteiger partial charge is 0.481 e. The van der Waals surface area contributed by atoms with Crippen molar-refractivity contribution in [3.8, 4) is 17.6 Å². The Morgan fingerprint density at radius 1 is 0.800 bits per heavy atom. The molecule has 0 saturated carbocycles. The molecule has 0 N–H and O–H groups in total. The van der Waals surface area contributed by atoms with Crippen LogP contribution in [0, 0.1) is 43.1 Å². The Hall–Kier alpha value is -4.15. The van der Waals surface area contributed by atoms with Gasteiger partial charge in [0, 0.05) is 24.3 Å². The normalized spacial score (nSPS) is 11.1. The average Bonchev–Trinajstić information content (AvgIpc) is 2.88. The molecule has 0 bridgehead atoms. The molecule has 3 nitrogen and oxygen atoms in total. The second kappa shape index (κ2) is 12.4. The fourth-order valence-electron chi connectivity index (χ4n) is 4.12. The van der Waals surface area contributed by atoms with Crippen LogP contribution in [0.4, 0.5) is 13.2 Å². The molecular formula is C33H28F3O3S+. The third-order valence-electron chi connectivity index (χ3n) is 5.83. The zero-order chi connectivity index (χ0) is 28.9. The third kappa shape index (κ3) is 7.08. The molecule has 40 heavy (non-hydrogen) atoms. The zero-order valence-corrected chi connectivity index (χ0v) is 23.4. The fourth-order valence-corrected chi connectivity index (χ4v) is 6.39. The molecule has 4 rings (SSSR count). The standard InChI is InChI=1S/C33H28F3O3S/c1-22-17-27(40(25-11-7-5-8-12-25)26-13-9-6-10-14-26)18-23(2)32(22)38-21-31(37)39-33(3,4)16-15-28-29(35)19-24(34)20-30(28)36/h5-14,17-20H,21H2,1-4H3/q+1. The van der Waals surface area contributed by atoms with Crippen LogP contribution in [0.2, 0.25) is 0 Å². The highest BCUT2D eigenvalue weighted by molar-refractivity contribution is 7.97. The van der Waals surface area contributed by atoms with Crippen LogP contribution in [-0.2, 0) is 20.4 Å². The van der Waals surface area contributed by atoms with Crippen molar-refractivity contribution < 1.29 is 27.4 Å². The van der Waals surface area contributed by atoms with Crippen molar-refractivity contribution in [3.63, 3.8) is 0 Å². The summed E-state index contributed by atoms with van der Waals surface area (Å²) in [6.45, 7) is 6.44. The molecule has 0 aliphatic carbocycles. The molecule has 4 aromatic carbocycles. The lowest BCUT2D eigenvalue weighted by molar-refractivity contribution is -0.154. The van der Waals surface area contributed by atoms with E-state index in [4.69, 9.17) is 9.47 Å². The number of rotatable bonds is 7. The molecule has 0 saturated heterocycles. The van der Waals surface area contributed by atoms with Gasteiger partial charge in [-0.1, -0.05) is 48.2 Å². The van der Waals surface area contributed by atoms with E-state index in [9.17, 15) is 18.0 Å². The van der Waals surface area contributed by atoms with Crippen LogP contribution in [0.15, 0.2) is 99.6 Å². The van der Waals surface area contributed by atoms with Gasteiger partial charge >= 0.3 is 5.97 Å². The number of hydrogen-bond donors (Lipinski definition) is 0. The minimum absolute atomic E-state index is 0.329. The zero-order valence-electron chi connectivity index (χ0n) is 22.6. The lowest BCUT2D eigenvalue weighted by Crippen LogP contribution is -2.29. The molecule has 0 aliphatic heterocycles. The Morgan fingerprint density at radius 3 is 1.80 bits per heavy atom. The van der Waals surface area contributed by atoms with Gasteiger partial charge in [0.1, 0.15) is 23.2 Å². The van der Waals surface area contributed by atoms with E-state index in [1.807, 2.05) is 50.2 Å². The summed E-state index contributed by atoms with van der Waals surface area (Å²) in [7, 11) is -0.329. The van der Waals surface area contributed by atoms with Crippen molar-refractivity contribution in [3.05, 3.63) is 119 Å². The van der Waals surface area contributed by atoms with Crippen molar-refractivity contribution >= 4 is 16.9 Å². The Kier molecular flexibility index (Phi) is 8.91. The van der Waals surface area contributed by atoms with Crippen molar-refractivity contribution in [2.24, 2.45) is 0 Å². The molecule has 0 fully saturated rings. The van der Waals surface area contributed by atoms with Gasteiger partial charge in [0.2, 0.25) is 0 Å². The summed E-state index contributed by atoms with van der Waals surface area (Å²) in [6.07, 6.45) is 0. The highest BCUT2D eigenvalue weighted by Gasteiger charge is 2.30. The van der Waals surface area contributed by atoms with E-state index in [1.54, 1.807) is 0 Å². The molecule has 4 aromatic rings. The Labute approximate surface area is 235 Å². The van der Waals surface area contributed by atoms with E-state index in [0.717, 1.165) is 16.0 Å². The molecule has 0 amide bonds. The fraction of sp³-hybridized carbons (Fsp3) is 0.182. The minimum Gasteiger partial charge on any atom is -0.481 e. The van der Waals surface area contributed by atoms with Crippen LogP contribution in [0.25, 0.3) is 0 Å². The number of esters is 1. The first-order valence-corrected chi connectivity index (χ1v) is 13.7. The molecule has 0 aliphatic rings. The predicted octanol–water partition coefficient (Wildman–Crippen LogP) is 7.57. The van der Waals surface area contributed by atoms with Gasteiger partial charge in [0.05, 0.1) is 16.5 Å². The summed E-state index contributed by atoms with van der Waals surface area (Å²) < 4.78 is 52.2. The Bertz CT molecular complexity index is 1490. The lowest BCUT2D eigenvalue weighted by atomic mass is 10.1. The maximum Gasteiger partial charge on any atom is 0.345 e. The van der Waals surface area contributed by atoms with E-state index < -0.39 is 34.6 Å². The predicted molar refractivity (Wildman–Crippen MR) is 150 cm³/mol. The number of ether oxygens (including phenoxy) is 2. The van der Waals surface area contributed by atoms with Gasteiger partial charge in [-0.15, -0.1) is 0 Å². The molecule has 0 unspecified atom stereocenters. The molecule has 0 atom stereocenters. The lowest BCUT2D eigenvalue weighted by Gasteiger charge is -2.20. The average molecular weight is 562 g/mol. The first kappa shape index (κ1) is 28.8. The van der Waals surface area contributed by atoms with E-state index in [-0.39, 0.29) is 17.5 Å². The molecule has 204 valence electrons. The first-order valence-electron chi connectivity index (χ1n) is 12.5. The SMILES string of the molecule is Cc1cc([S+](c2ccccc2)c2ccccc2)cc(C)c1OCC(=O)OC(C)(C)C#Cc1c(F)cc(F)cc1F. The summed E-state index contributed by atoms with van der Waals surface area (Å²) in [5.41, 5.74) is -0.235. The van der Waals surface area contributed by atoms with Gasteiger partial charge in [-0.25, -0.2) is 18.0 Å². The maximum atomic E-state index is 13.9. The molecular weight excluding hydrogens is 533 g/mol. The van der Waals surface area contributed by atoms with E-state index >= 15 is 0 Å². The van der Waals surface area contributed by atoms with Crippen LogP contribution in [-0.4, -0.2) is 18.2 Å². The van der Waals surface area contributed by atoms with Gasteiger partial charge in [-0.05, 0) is 63.1 Å². The van der Waals surface area contributed by atoms with E-state index in [1.165, 1.54) is 23.6 Å². The van der Waals surface area contributed by atoms with Crippen LogP contribution in [0.3, 0.4) is 0 Å². The number of carbonyl (C=O) groups is 1. The van der Waals surface area contributed by atoms with Crippen LogP contribution in [0.1, 0.15) is 30.5 Å². The van der Waals surface area contributed by atoms with Crippen molar-refractivity contribution in [2.75, 3.05) is 6.61 Å². The van der Waals surface area contributed by atoms with Crippen molar-refractivity contribution in [1.29, 1.82) is 0 Å². The minimum atomic E-state index is -1.37. The highest BCUT2D eigenvalue weighted by atomic mass is 32.2. The van der Waals surface area contributed by atoms with Crippen molar-refractivity contribution in [2.45, 2.75) is 48.0 Å². The van der Waals surface area contributed by atoms with Gasteiger partial charge in [0.15, 0.2) is 26.9 Å². The van der Waals surface area contributed by atoms with E-state index in [2.05, 4.69) is 48.2 Å². The first-order chi connectivity index (χ1) is 19.0. The van der Waals surface area contributed by atoms with Gasteiger partial charge < -0.3 is 9.47 Å². The van der Waals surface area contributed by atoms with Crippen LogP contribution in [0.5, 0.6) is 5.75 Å². The molecule has 0 aromatic heterocycles. The number of halogens is 3. The van der Waals surface area contributed by atoms with Gasteiger partial charge in [0.25, 0.3) is 0 Å². The topological polar surface area (TPSA) is 35.5 Å². The molecule has 0 heterocycles. The smallest absolute Gasteiger partial charge is 0.345 e. The van der Waals surface area contributed by atoms with Crippen LogP contribution < -0.4 is 4.74 Å². The van der Waals surface area contributed by atoms with Crippen LogP contribution >= 0.6 is 0 Å². The summed E-state index contributed by atoms with van der Waals surface area (Å²) in [5, 5.41) is 0. The second-order valence-electron chi connectivity index (χ2n) is 9.59. The van der Waals surface area contributed by atoms with Gasteiger partial charge in [-0.3, -0.25) is 0 Å². The van der Waals surface area contributed by atoms with E-state index in [0.29, 0.717) is 17.9 Å². The summed E-state index contributed by atoms with van der Waals surface area (Å²) in [5.74, 6) is 1.40. The quantitative estimate of drug-likeness (QED) is 0.133. The Morgan fingerprint density at radius 2 is 1.30 bits per heavy atom. The second-order valence-corrected chi connectivity index (χ2v) is 11.6. The number of benzene rings is 4. The van der Waals surface area contributed by atoms with Gasteiger partial charge in [-0.2, -0.15) is 0 Å². The number of aryl methyl sites for hydroxylation is 2. The van der Waals surface area contributed by atoms with Crippen molar-refractivity contribution in [1.82, 2.24) is 0 Å².